The number of carbonyl (C=O) groups excluding carboxylic acids is 1. The minimum Gasteiger partial charge on any atom is -0.482 e. The molecule has 112 valence electrons. The average Bonchev–Trinajstić information content (AvgIpc) is 2.34. The number of hydrogen-bond acceptors (Lipinski definition) is 4. The number of hydrogen-bond donors (Lipinski definition) is 0. The molecule has 0 heterocycles. The summed E-state index contributed by atoms with van der Waals surface area (Å²) in [5.41, 5.74) is 0. The Kier molecular flexibility index (Phi) is 5.85. The largest absolute Gasteiger partial charge is 0.482 e. The quantitative estimate of drug-likeness (QED) is 0.732. The zero-order valence-electron chi connectivity index (χ0n) is 11.3. The molecule has 0 aliphatic heterocycles. The van der Waals surface area contributed by atoms with Gasteiger partial charge in [0, 0.05) is 28.2 Å². The molecule has 20 heavy (non-hydrogen) atoms. The van der Waals surface area contributed by atoms with E-state index in [-0.39, 0.29) is 29.2 Å². The minimum absolute atomic E-state index is 0.0345. The lowest BCUT2D eigenvalue weighted by Gasteiger charge is -2.21. The normalized spacial score (nSPS) is 11.5. The van der Waals surface area contributed by atoms with Gasteiger partial charge in [0.1, 0.15) is 10.6 Å². The predicted octanol–water partition coefficient (Wildman–Crippen LogP) is 2.62. The van der Waals surface area contributed by atoms with Crippen LogP contribution in [0.2, 0.25) is 0 Å². The molecule has 8 heteroatoms. The van der Waals surface area contributed by atoms with Crippen molar-refractivity contribution in [1.82, 2.24) is 4.90 Å². The van der Waals surface area contributed by atoms with E-state index in [9.17, 15) is 13.2 Å². The SMILES string of the molecule is CC(C)N(C)C(=O)COc1ccc(Br)cc1S(=O)(=O)Cl. The van der Waals surface area contributed by atoms with Crippen LogP contribution in [0.1, 0.15) is 13.8 Å². The van der Waals surface area contributed by atoms with E-state index in [1.54, 1.807) is 13.1 Å². The van der Waals surface area contributed by atoms with E-state index >= 15 is 0 Å². The van der Waals surface area contributed by atoms with E-state index in [0.29, 0.717) is 4.47 Å². The lowest BCUT2D eigenvalue weighted by atomic mass is 10.3. The van der Waals surface area contributed by atoms with Crippen LogP contribution in [0.4, 0.5) is 0 Å². The van der Waals surface area contributed by atoms with E-state index in [2.05, 4.69) is 15.9 Å². The Morgan fingerprint density at radius 3 is 2.55 bits per heavy atom. The van der Waals surface area contributed by atoms with Gasteiger partial charge in [-0.25, -0.2) is 8.42 Å². The van der Waals surface area contributed by atoms with Crippen molar-refractivity contribution in [3.05, 3.63) is 22.7 Å². The summed E-state index contributed by atoms with van der Waals surface area (Å²) in [6, 6.07) is 4.42. The molecule has 0 fully saturated rings. The molecule has 1 aromatic rings. The Hall–Kier alpha value is -0.790. The van der Waals surface area contributed by atoms with Gasteiger partial charge >= 0.3 is 0 Å². The number of likely N-dealkylation sites (N-methyl/N-ethyl adjacent to an activating group) is 1. The number of nitrogens with zero attached hydrogens (tertiary/aromatic N) is 1. The van der Waals surface area contributed by atoms with Gasteiger partial charge in [0.25, 0.3) is 15.0 Å². The highest BCUT2D eigenvalue weighted by Gasteiger charge is 2.19. The van der Waals surface area contributed by atoms with E-state index in [1.807, 2.05) is 13.8 Å². The number of carbonyl (C=O) groups is 1. The first kappa shape index (κ1) is 17.3. The fraction of sp³-hybridized carbons (Fsp3) is 0.417. The molecule has 0 unspecified atom stereocenters. The lowest BCUT2D eigenvalue weighted by molar-refractivity contribution is -0.133. The van der Waals surface area contributed by atoms with Crippen LogP contribution in [-0.2, 0) is 13.8 Å². The van der Waals surface area contributed by atoms with Crippen molar-refractivity contribution in [2.24, 2.45) is 0 Å². The lowest BCUT2D eigenvalue weighted by Crippen LogP contribution is -2.36. The average molecular weight is 385 g/mol. The van der Waals surface area contributed by atoms with Crippen molar-refractivity contribution in [1.29, 1.82) is 0 Å². The molecule has 0 saturated carbocycles. The summed E-state index contributed by atoms with van der Waals surface area (Å²) in [6.45, 7) is 3.48. The van der Waals surface area contributed by atoms with Gasteiger partial charge in [-0.15, -0.1) is 0 Å². The fourth-order valence-electron chi connectivity index (χ4n) is 1.32. The first-order chi connectivity index (χ1) is 9.12. The van der Waals surface area contributed by atoms with Crippen LogP contribution in [0.3, 0.4) is 0 Å². The molecule has 5 nitrogen and oxygen atoms in total. The highest BCUT2D eigenvalue weighted by atomic mass is 79.9. The van der Waals surface area contributed by atoms with Gasteiger partial charge in [0.05, 0.1) is 0 Å². The van der Waals surface area contributed by atoms with Gasteiger partial charge in [-0.05, 0) is 32.0 Å². The molecule has 0 aliphatic rings. The van der Waals surface area contributed by atoms with Crippen LogP contribution in [0.15, 0.2) is 27.6 Å². The van der Waals surface area contributed by atoms with Crippen LogP contribution in [0.25, 0.3) is 0 Å². The van der Waals surface area contributed by atoms with Gasteiger partial charge < -0.3 is 9.64 Å². The number of amides is 1. The Morgan fingerprint density at radius 2 is 2.05 bits per heavy atom. The zero-order chi connectivity index (χ0) is 15.5. The van der Waals surface area contributed by atoms with E-state index in [0.717, 1.165) is 0 Å². The first-order valence-electron chi connectivity index (χ1n) is 5.75. The molecule has 0 N–H and O–H groups in total. The maximum atomic E-state index is 11.8. The zero-order valence-corrected chi connectivity index (χ0v) is 14.4. The van der Waals surface area contributed by atoms with Crippen molar-refractivity contribution in [3.8, 4) is 5.75 Å². The van der Waals surface area contributed by atoms with Gasteiger partial charge in [0.2, 0.25) is 0 Å². The van der Waals surface area contributed by atoms with Crippen molar-refractivity contribution in [2.45, 2.75) is 24.8 Å². The summed E-state index contributed by atoms with van der Waals surface area (Å²) >= 11 is 3.16. The molecular formula is C12H15BrClNO4S. The van der Waals surface area contributed by atoms with E-state index in [4.69, 9.17) is 15.4 Å². The highest BCUT2D eigenvalue weighted by Crippen LogP contribution is 2.30. The molecule has 0 radical (unpaired) electrons. The Labute approximate surface area is 131 Å². The van der Waals surface area contributed by atoms with E-state index in [1.165, 1.54) is 17.0 Å². The summed E-state index contributed by atoms with van der Waals surface area (Å²) in [5.74, 6) is -0.199. The maximum Gasteiger partial charge on any atom is 0.265 e. The summed E-state index contributed by atoms with van der Waals surface area (Å²) in [7, 11) is 3.04. The summed E-state index contributed by atoms with van der Waals surface area (Å²) in [5, 5.41) is 0. The van der Waals surface area contributed by atoms with Crippen molar-refractivity contribution in [2.75, 3.05) is 13.7 Å². The van der Waals surface area contributed by atoms with Crippen molar-refractivity contribution >= 4 is 41.6 Å². The van der Waals surface area contributed by atoms with Crippen molar-refractivity contribution in [3.63, 3.8) is 0 Å². The smallest absolute Gasteiger partial charge is 0.265 e. The number of halogens is 2. The third-order valence-corrected chi connectivity index (χ3v) is 4.52. The Morgan fingerprint density at radius 1 is 1.45 bits per heavy atom. The van der Waals surface area contributed by atoms with Crippen LogP contribution >= 0.6 is 26.6 Å². The summed E-state index contributed by atoms with van der Waals surface area (Å²) in [4.78, 5) is 13.1. The summed E-state index contributed by atoms with van der Waals surface area (Å²) < 4.78 is 28.8. The monoisotopic (exact) mass is 383 g/mol. The minimum atomic E-state index is -3.95. The molecule has 0 bridgehead atoms. The molecule has 1 amide bonds. The van der Waals surface area contributed by atoms with Crippen LogP contribution in [0, 0.1) is 0 Å². The third kappa shape index (κ3) is 4.64. The molecule has 0 saturated heterocycles. The van der Waals surface area contributed by atoms with Crippen LogP contribution in [-0.4, -0.2) is 38.9 Å². The predicted molar refractivity (Wildman–Crippen MR) is 80.6 cm³/mol. The van der Waals surface area contributed by atoms with Gasteiger partial charge in [-0.3, -0.25) is 4.79 Å². The van der Waals surface area contributed by atoms with Crippen molar-refractivity contribution < 1.29 is 17.9 Å². The molecular weight excluding hydrogens is 370 g/mol. The van der Waals surface area contributed by atoms with Crippen LogP contribution in [0.5, 0.6) is 5.75 Å². The fourth-order valence-corrected chi connectivity index (χ4v) is 2.83. The second kappa shape index (κ2) is 6.78. The summed E-state index contributed by atoms with van der Waals surface area (Å²) in [6.07, 6.45) is 0. The highest BCUT2D eigenvalue weighted by molar-refractivity contribution is 9.10. The van der Waals surface area contributed by atoms with E-state index < -0.39 is 9.05 Å². The second-order valence-electron chi connectivity index (χ2n) is 4.42. The molecule has 1 aromatic carbocycles. The Balaban J connectivity index is 2.92. The number of rotatable bonds is 5. The number of ether oxygens (including phenoxy) is 1. The van der Waals surface area contributed by atoms with Gasteiger partial charge in [-0.1, -0.05) is 15.9 Å². The molecule has 0 aromatic heterocycles. The topological polar surface area (TPSA) is 63.7 Å². The molecule has 1 rings (SSSR count). The number of benzene rings is 1. The van der Waals surface area contributed by atoms with Gasteiger partial charge in [0.15, 0.2) is 6.61 Å². The molecule has 0 aliphatic carbocycles. The second-order valence-corrected chi connectivity index (χ2v) is 7.87. The maximum absolute atomic E-state index is 11.8. The third-order valence-electron chi connectivity index (χ3n) is 2.69. The van der Waals surface area contributed by atoms with Crippen LogP contribution < -0.4 is 4.74 Å². The molecule has 0 spiro atoms. The standard InChI is InChI=1S/C12H15BrClNO4S/c1-8(2)15(3)12(16)7-19-10-5-4-9(13)6-11(10)20(14,17)18/h4-6,8H,7H2,1-3H3. The first-order valence-corrected chi connectivity index (χ1v) is 8.86. The Bertz CT molecular complexity index is 603. The van der Waals surface area contributed by atoms with Gasteiger partial charge in [-0.2, -0.15) is 0 Å². The molecule has 0 atom stereocenters.